The first-order chi connectivity index (χ1) is 41.4. The van der Waals surface area contributed by atoms with Crippen LogP contribution in [0.25, 0.3) is 45.0 Å². The first kappa shape index (κ1) is 87.5. The van der Waals surface area contributed by atoms with Gasteiger partial charge >= 0.3 is 11.9 Å². The number of aromatic hydroxyl groups is 2. The number of hydrogen-bond acceptors (Lipinski definition) is 16. The summed E-state index contributed by atoms with van der Waals surface area (Å²) >= 11 is 4.87. The second-order valence-electron chi connectivity index (χ2n) is 19.2. The maximum Gasteiger partial charge on any atom is 0.329 e. The molecule has 19 heteroatoms. The maximum absolute atomic E-state index is 11.3. The van der Waals surface area contributed by atoms with E-state index < -0.39 is 17.2 Å². The Morgan fingerprint density at radius 1 is 0.473 bits per heavy atom. The molecule has 8 aromatic rings. The van der Waals surface area contributed by atoms with E-state index in [9.17, 15) is 14.4 Å². The van der Waals surface area contributed by atoms with Crippen LogP contribution in [0, 0.1) is 24.3 Å². The van der Waals surface area contributed by atoms with Gasteiger partial charge in [-0.1, -0.05) is 83.1 Å². The molecule has 5 heterocycles. The fourth-order valence-corrected chi connectivity index (χ4v) is 6.39. The molecule has 0 spiro atoms. The van der Waals surface area contributed by atoms with Crippen LogP contribution in [0.5, 0.6) is 23.0 Å². The molecule has 0 amide bonds. The summed E-state index contributed by atoms with van der Waals surface area (Å²) < 4.78 is 15.1. The molecule has 6 N–H and O–H groups in total. The number of ether oxygens (including phenoxy) is 3. The molecule has 1 aliphatic rings. The molecule has 2 radical (unpaired) electrons. The number of allylic oxidation sites excluding steroid dienone is 1. The first-order valence-electron chi connectivity index (χ1n) is 27.5. The van der Waals surface area contributed by atoms with Crippen LogP contribution in [0.15, 0.2) is 207 Å². The summed E-state index contributed by atoms with van der Waals surface area (Å²) in [5, 5.41) is 51.9. The Kier molecular flexibility index (Phi) is 49.0. The molecular weight excluding hydrogens is 1530 g/mol. The third-order valence-electron chi connectivity index (χ3n) is 10.6. The Labute approximate surface area is 570 Å². The number of carbonyl (C=O) groups is 3. The molecule has 9 rings (SSSR count). The molecule has 4 unspecified atom stereocenters. The van der Waals surface area contributed by atoms with Crippen LogP contribution in [0.3, 0.4) is 0 Å². The third-order valence-corrected chi connectivity index (χ3v) is 10.9. The predicted octanol–water partition coefficient (Wildman–Crippen LogP) is 14.2. The van der Waals surface area contributed by atoms with Crippen molar-refractivity contribution >= 4 is 28.8 Å². The van der Waals surface area contributed by atoms with Gasteiger partial charge in [-0.05, 0) is 133 Å². The van der Waals surface area contributed by atoms with Gasteiger partial charge in [0.05, 0.1) is 24.4 Å². The fraction of sp³-hybridized carbons (Fsp3) is 0.264. The summed E-state index contributed by atoms with van der Waals surface area (Å²) in [7, 11) is 0. The molecule has 4 aromatic heterocycles. The smallest absolute Gasteiger partial charge is 0.329 e. The van der Waals surface area contributed by atoms with E-state index in [4.69, 9.17) is 56.5 Å². The summed E-state index contributed by atoms with van der Waals surface area (Å²) in [6.45, 7) is 23.7. The van der Waals surface area contributed by atoms with Gasteiger partial charge in [-0.25, -0.2) is 9.59 Å². The molecule has 1 fully saturated rings. The van der Waals surface area contributed by atoms with Crippen molar-refractivity contribution in [2.75, 3.05) is 13.2 Å². The van der Waals surface area contributed by atoms with E-state index in [-0.39, 0.29) is 91.0 Å². The van der Waals surface area contributed by atoms with Crippen LogP contribution >= 0.6 is 11.6 Å². The van der Waals surface area contributed by atoms with Gasteiger partial charge in [-0.3, -0.25) is 4.79 Å². The van der Waals surface area contributed by atoms with Crippen molar-refractivity contribution in [3.63, 3.8) is 0 Å². The molecule has 91 heavy (non-hydrogen) atoms. The van der Waals surface area contributed by atoms with Gasteiger partial charge < -0.3 is 64.8 Å². The number of aliphatic hydroxyl groups excluding tert-OH is 4. The van der Waals surface area contributed by atoms with Crippen LogP contribution < -0.4 is 9.47 Å². The minimum Gasteiger partial charge on any atom is -0.551 e. The quantitative estimate of drug-likeness (QED) is 0.0206. The zero-order chi connectivity index (χ0) is 64.5. The van der Waals surface area contributed by atoms with E-state index in [0.717, 1.165) is 58.2 Å². The van der Waals surface area contributed by atoms with Crippen LogP contribution in [-0.2, 0) is 59.3 Å². The summed E-state index contributed by atoms with van der Waals surface area (Å²) in [6.07, 6.45) is 8.91. The van der Waals surface area contributed by atoms with E-state index in [1.54, 1.807) is 122 Å². The summed E-state index contributed by atoms with van der Waals surface area (Å²) in [5.74, 6) is 0.465. The number of esters is 2. The number of hydrogen-bond donors (Lipinski definition) is 6. The average Bonchev–Trinajstić information content (AvgIpc) is 4.16. The number of rotatable bonds is 13. The Hall–Kier alpha value is -7.70. The van der Waals surface area contributed by atoms with Gasteiger partial charge in [-0.15, -0.1) is 119 Å². The van der Waals surface area contributed by atoms with E-state index in [1.807, 2.05) is 84.9 Å². The van der Waals surface area contributed by atoms with E-state index in [0.29, 0.717) is 41.1 Å². The molecular formula is C72H85ClIr2N4O12-4. The fourth-order valence-electron chi connectivity index (χ4n) is 6.39. The van der Waals surface area contributed by atoms with E-state index >= 15 is 0 Å². The van der Waals surface area contributed by atoms with Crippen LogP contribution in [0.1, 0.15) is 89.0 Å². The van der Waals surface area contributed by atoms with Crippen LogP contribution in [-0.4, -0.2) is 105 Å². The molecule has 1 aliphatic heterocycles. The molecule has 16 nitrogen and oxygen atoms in total. The molecule has 0 saturated carbocycles. The van der Waals surface area contributed by atoms with Crippen molar-refractivity contribution in [1.29, 1.82) is 0 Å². The maximum atomic E-state index is 11.3. The van der Waals surface area contributed by atoms with Crippen LogP contribution in [0.4, 0.5) is 0 Å². The number of carbonyl (C=O) groups excluding carboxylic acids is 3. The number of halogens is 1. The van der Waals surface area contributed by atoms with Gasteiger partial charge in [0.2, 0.25) is 5.24 Å². The minimum absolute atomic E-state index is 0. The molecule has 1 saturated heterocycles. The topological polar surface area (TPSA) is 252 Å². The third kappa shape index (κ3) is 41.3. The van der Waals surface area contributed by atoms with Crippen molar-refractivity contribution in [2.45, 2.75) is 113 Å². The number of phenols is 2. The van der Waals surface area contributed by atoms with Gasteiger partial charge in [0, 0.05) is 118 Å². The Morgan fingerprint density at radius 2 is 0.736 bits per heavy atom. The monoisotopic (exact) mass is 1620 g/mol. The molecule has 4 atom stereocenters. The average molecular weight is 1620 g/mol. The van der Waals surface area contributed by atoms with Gasteiger partial charge in [-0.2, -0.15) is 0 Å². The zero-order valence-corrected chi connectivity index (χ0v) is 56.4. The molecule has 0 aliphatic carbocycles. The first-order valence-corrected chi connectivity index (χ1v) is 27.8. The Balaban J connectivity index is -0.00000100. The zero-order valence-electron chi connectivity index (χ0n) is 50.8. The van der Waals surface area contributed by atoms with Gasteiger partial charge in [0.25, 0.3) is 0 Å². The van der Waals surface area contributed by atoms with Crippen LogP contribution in [0.2, 0.25) is 0 Å². The number of phenolic OH excluding ortho intramolecular Hbond substituents is 2. The SMILES string of the molecule is C.C.C1CCOC1.C=C(C)C(=O)Cl.C=C(C)C(=O)Oc1c[c-]c(-c2ccccn2)cc1.C=C(C)C(=O)Oc1c[c-]c(-c2ccccn2)cc1.CC(O)CC(C)O.CC(O)CC(C)O.Oc1c[c-]c(-c2ccccn2)cc1.Oc1c[c-]c(-c2ccccn2)cc1.[Ir].[Ir]. The summed E-state index contributed by atoms with van der Waals surface area (Å²) in [4.78, 5) is 49.2. The van der Waals surface area contributed by atoms with Crippen molar-refractivity contribution in [1.82, 2.24) is 19.9 Å². The number of pyridine rings is 4. The molecule has 0 bridgehead atoms. The van der Waals surface area contributed by atoms with Gasteiger partial charge in [0.15, 0.2) is 0 Å². The normalized spacial score (nSPS) is 11.4. The second-order valence-corrected chi connectivity index (χ2v) is 19.6. The standard InChI is InChI=1S/2C15H12NO2.2C11H8NO.2C5H12O2.C4H5ClO.C4H8O.2CH4.2Ir/c2*1-11(2)15(17)18-13-8-6-12(7-9-13)14-5-3-4-10-16-14;2*13-10-6-4-9(5-7-10)11-3-1-2-8-12-11;2*1-4(6)3-5(2)7;1-3(2)4(5)6;1-2-4-5-3-1;;;;/h2*3-6,8-10H,1H2,2H3;2*1-4,6-8,13H;2*4-7H,3H2,1-2H3;1H2,2H3;1-4H2;2*1H4;;/q4*-1;;;;;;;;. The van der Waals surface area contributed by atoms with E-state index in [1.165, 1.54) is 25.0 Å². The summed E-state index contributed by atoms with van der Waals surface area (Å²) in [6, 6.07) is 54.8. The van der Waals surface area contributed by atoms with Crippen molar-refractivity contribution in [3.8, 4) is 68.0 Å². The Bertz CT molecular complexity index is 2980. The molecule has 494 valence electrons. The summed E-state index contributed by atoms with van der Waals surface area (Å²) in [5.41, 5.74) is 7.98. The van der Waals surface area contributed by atoms with Crippen molar-refractivity contribution < 1.29 is 99.4 Å². The number of nitrogens with zero attached hydrogens (tertiary/aromatic N) is 4. The second kappa shape index (κ2) is 51.0. The van der Waals surface area contributed by atoms with Crippen molar-refractivity contribution in [2.24, 2.45) is 0 Å². The number of aromatic nitrogens is 4. The van der Waals surface area contributed by atoms with E-state index in [2.05, 4.69) is 63.9 Å². The van der Waals surface area contributed by atoms with Gasteiger partial charge in [0.1, 0.15) is 0 Å². The minimum atomic E-state index is -0.463. The predicted molar refractivity (Wildman–Crippen MR) is 353 cm³/mol. The largest absolute Gasteiger partial charge is 0.551 e. The van der Waals surface area contributed by atoms with Crippen molar-refractivity contribution in [3.05, 3.63) is 231 Å². The molecule has 4 aromatic carbocycles. The Morgan fingerprint density at radius 3 is 0.890 bits per heavy atom. The number of benzene rings is 4. The number of aliphatic hydroxyl groups is 4.